The van der Waals surface area contributed by atoms with Crippen molar-refractivity contribution in [3.63, 3.8) is 0 Å². The summed E-state index contributed by atoms with van der Waals surface area (Å²) in [4.78, 5) is 2.12. The van der Waals surface area contributed by atoms with Gasteiger partial charge >= 0.3 is 0 Å². The minimum atomic E-state index is 0.580. The van der Waals surface area contributed by atoms with E-state index in [-0.39, 0.29) is 0 Å². The average Bonchev–Trinajstić information content (AvgIpc) is 2.18. The predicted octanol–water partition coefficient (Wildman–Crippen LogP) is 2.08. The van der Waals surface area contributed by atoms with Crippen molar-refractivity contribution >= 4 is 5.69 Å². The molecule has 2 heteroatoms. The third-order valence-electron chi connectivity index (χ3n) is 2.49. The van der Waals surface area contributed by atoms with Crippen LogP contribution in [0.4, 0.5) is 5.69 Å². The largest absolute Gasteiger partial charge is 0.378 e. The summed E-state index contributed by atoms with van der Waals surface area (Å²) in [5.74, 6) is 0.580. The van der Waals surface area contributed by atoms with E-state index in [0.717, 1.165) is 6.54 Å². The van der Waals surface area contributed by atoms with E-state index in [1.165, 1.54) is 11.3 Å². The van der Waals surface area contributed by atoms with E-state index >= 15 is 0 Å². The monoisotopic (exact) mass is 192 g/mol. The molecular weight excluding hydrogens is 172 g/mol. The Morgan fingerprint density at radius 3 is 2.21 bits per heavy atom. The van der Waals surface area contributed by atoms with Crippen molar-refractivity contribution in [1.82, 2.24) is 5.32 Å². The van der Waals surface area contributed by atoms with E-state index in [1.54, 1.807) is 0 Å². The standard InChI is InChI=1S/C12H20N2/c1-10(9-13-2)11-5-7-12(8-6-11)14(3)4/h5-8,10,13H,9H2,1-4H3. The van der Waals surface area contributed by atoms with Gasteiger partial charge in [-0.05, 0) is 30.7 Å². The summed E-state index contributed by atoms with van der Waals surface area (Å²) in [6.45, 7) is 3.27. The number of nitrogens with zero attached hydrogens (tertiary/aromatic N) is 1. The van der Waals surface area contributed by atoms with Crippen molar-refractivity contribution in [2.75, 3.05) is 32.6 Å². The molecule has 0 spiro atoms. The van der Waals surface area contributed by atoms with Crippen LogP contribution in [0.25, 0.3) is 0 Å². The second-order valence-electron chi connectivity index (χ2n) is 3.94. The third kappa shape index (κ3) is 2.74. The molecule has 0 aliphatic rings. The van der Waals surface area contributed by atoms with Crippen LogP contribution in [0.3, 0.4) is 0 Å². The molecule has 0 radical (unpaired) electrons. The van der Waals surface area contributed by atoms with Crippen LogP contribution in [0.5, 0.6) is 0 Å². The van der Waals surface area contributed by atoms with Gasteiger partial charge in [-0.25, -0.2) is 0 Å². The summed E-state index contributed by atoms with van der Waals surface area (Å²) < 4.78 is 0. The van der Waals surface area contributed by atoms with E-state index in [0.29, 0.717) is 5.92 Å². The molecule has 0 bridgehead atoms. The maximum atomic E-state index is 3.19. The van der Waals surface area contributed by atoms with Crippen LogP contribution < -0.4 is 10.2 Å². The smallest absolute Gasteiger partial charge is 0.0361 e. The highest BCUT2D eigenvalue weighted by Crippen LogP contribution is 2.18. The van der Waals surface area contributed by atoms with Gasteiger partial charge < -0.3 is 10.2 Å². The van der Waals surface area contributed by atoms with E-state index < -0.39 is 0 Å². The van der Waals surface area contributed by atoms with E-state index in [4.69, 9.17) is 0 Å². The second-order valence-corrected chi connectivity index (χ2v) is 3.94. The summed E-state index contributed by atoms with van der Waals surface area (Å²) in [7, 11) is 6.11. The molecule has 1 atom stereocenters. The summed E-state index contributed by atoms with van der Waals surface area (Å²) in [6.07, 6.45) is 0. The quantitative estimate of drug-likeness (QED) is 0.785. The third-order valence-corrected chi connectivity index (χ3v) is 2.49. The molecule has 0 aliphatic heterocycles. The Morgan fingerprint density at radius 2 is 1.79 bits per heavy atom. The van der Waals surface area contributed by atoms with Crippen molar-refractivity contribution in [2.45, 2.75) is 12.8 Å². The minimum Gasteiger partial charge on any atom is -0.378 e. The predicted molar refractivity (Wildman–Crippen MR) is 63.1 cm³/mol. The van der Waals surface area contributed by atoms with Gasteiger partial charge in [0.1, 0.15) is 0 Å². The molecule has 0 saturated carbocycles. The lowest BCUT2D eigenvalue weighted by Gasteiger charge is -2.15. The molecule has 0 amide bonds. The van der Waals surface area contributed by atoms with Gasteiger partial charge in [-0.2, -0.15) is 0 Å². The van der Waals surface area contributed by atoms with E-state index in [1.807, 2.05) is 7.05 Å². The first-order valence-corrected chi connectivity index (χ1v) is 5.07. The van der Waals surface area contributed by atoms with Gasteiger partial charge in [0, 0.05) is 26.3 Å². The Balaban J connectivity index is 2.72. The number of hydrogen-bond acceptors (Lipinski definition) is 2. The highest BCUT2D eigenvalue weighted by Gasteiger charge is 2.03. The van der Waals surface area contributed by atoms with Crippen LogP contribution in [0.15, 0.2) is 24.3 Å². The van der Waals surface area contributed by atoms with Crippen molar-refractivity contribution in [2.24, 2.45) is 0 Å². The Hall–Kier alpha value is -1.02. The van der Waals surface area contributed by atoms with Crippen molar-refractivity contribution in [3.8, 4) is 0 Å². The van der Waals surface area contributed by atoms with E-state index in [9.17, 15) is 0 Å². The normalized spacial score (nSPS) is 12.6. The van der Waals surface area contributed by atoms with Crippen LogP contribution in [0, 0.1) is 0 Å². The van der Waals surface area contributed by atoms with Gasteiger partial charge in [0.15, 0.2) is 0 Å². The molecule has 0 saturated heterocycles. The molecule has 78 valence electrons. The fourth-order valence-corrected chi connectivity index (χ4v) is 1.53. The zero-order chi connectivity index (χ0) is 10.6. The Kier molecular flexibility index (Phi) is 3.96. The number of nitrogens with one attached hydrogen (secondary N) is 1. The maximum absolute atomic E-state index is 3.19. The van der Waals surface area contributed by atoms with Crippen molar-refractivity contribution in [3.05, 3.63) is 29.8 Å². The SMILES string of the molecule is CNCC(C)c1ccc(N(C)C)cc1. The zero-order valence-electron chi connectivity index (χ0n) is 9.54. The minimum absolute atomic E-state index is 0.580. The molecule has 0 heterocycles. The summed E-state index contributed by atoms with van der Waals surface area (Å²) >= 11 is 0. The summed E-state index contributed by atoms with van der Waals surface area (Å²) in [5.41, 5.74) is 2.65. The molecule has 0 aliphatic carbocycles. The van der Waals surface area contributed by atoms with Gasteiger partial charge in [0.05, 0.1) is 0 Å². The molecular formula is C12H20N2. The Bertz CT molecular complexity index is 264. The average molecular weight is 192 g/mol. The van der Waals surface area contributed by atoms with Crippen molar-refractivity contribution < 1.29 is 0 Å². The number of rotatable bonds is 4. The van der Waals surface area contributed by atoms with Crippen LogP contribution in [-0.2, 0) is 0 Å². The Labute approximate surface area is 86.9 Å². The highest BCUT2D eigenvalue weighted by atomic mass is 15.1. The number of benzene rings is 1. The molecule has 1 aromatic rings. The highest BCUT2D eigenvalue weighted by molar-refractivity contribution is 5.46. The maximum Gasteiger partial charge on any atom is 0.0361 e. The fourth-order valence-electron chi connectivity index (χ4n) is 1.53. The molecule has 0 fully saturated rings. The van der Waals surface area contributed by atoms with Crippen LogP contribution in [-0.4, -0.2) is 27.7 Å². The lowest BCUT2D eigenvalue weighted by atomic mass is 10.0. The van der Waals surface area contributed by atoms with Gasteiger partial charge in [-0.15, -0.1) is 0 Å². The first-order chi connectivity index (χ1) is 6.65. The molecule has 14 heavy (non-hydrogen) atoms. The van der Waals surface area contributed by atoms with E-state index in [2.05, 4.69) is 55.5 Å². The number of hydrogen-bond donors (Lipinski definition) is 1. The number of likely N-dealkylation sites (N-methyl/N-ethyl adjacent to an activating group) is 1. The van der Waals surface area contributed by atoms with Crippen LogP contribution in [0.1, 0.15) is 18.4 Å². The Morgan fingerprint density at radius 1 is 1.21 bits per heavy atom. The zero-order valence-corrected chi connectivity index (χ0v) is 9.54. The molecule has 1 unspecified atom stereocenters. The first-order valence-electron chi connectivity index (χ1n) is 5.07. The van der Waals surface area contributed by atoms with Crippen LogP contribution >= 0.6 is 0 Å². The summed E-state index contributed by atoms with van der Waals surface area (Å²) in [5, 5.41) is 3.19. The van der Waals surface area contributed by atoms with Gasteiger partial charge in [-0.3, -0.25) is 0 Å². The van der Waals surface area contributed by atoms with Gasteiger partial charge in [0.25, 0.3) is 0 Å². The van der Waals surface area contributed by atoms with Gasteiger partial charge in [0.2, 0.25) is 0 Å². The summed E-state index contributed by atoms with van der Waals surface area (Å²) in [6, 6.07) is 8.75. The first kappa shape index (κ1) is 11.1. The molecule has 1 rings (SSSR count). The molecule has 0 aromatic heterocycles. The van der Waals surface area contributed by atoms with Crippen molar-refractivity contribution in [1.29, 1.82) is 0 Å². The molecule has 2 nitrogen and oxygen atoms in total. The fraction of sp³-hybridized carbons (Fsp3) is 0.500. The van der Waals surface area contributed by atoms with Gasteiger partial charge in [-0.1, -0.05) is 19.1 Å². The lowest BCUT2D eigenvalue weighted by Crippen LogP contribution is -2.15. The van der Waals surface area contributed by atoms with Crippen LogP contribution in [0.2, 0.25) is 0 Å². The number of anilines is 1. The topological polar surface area (TPSA) is 15.3 Å². The molecule has 1 N–H and O–H groups in total. The lowest BCUT2D eigenvalue weighted by molar-refractivity contribution is 0.678. The second kappa shape index (κ2) is 5.01. The molecule has 1 aromatic carbocycles.